The number of hydrogen-bond donors (Lipinski definition) is 2. The van der Waals surface area contributed by atoms with Crippen LogP contribution in [0.1, 0.15) is 19.7 Å². The highest BCUT2D eigenvalue weighted by atomic mass is 16.2. The van der Waals surface area contributed by atoms with Crippen molar-refractivity contribution in [3.63, 3.8) is 0 Å². The molecular weight excluding hydrogens is 182 g/mol. The molecule has 1 heterocycles. The number of urea groups is 1. The molecule has 0 saturated heterocycles. The van der Waals surface area contributed by atoms with Crippen molar-refractivity contribution in [2.24, 2.45) is 7.05 Å². The van der Waals surface area contributed by atoms with Crippen LogP contribution in [-0.2, 0) is 13.6 Å². The lowest BCUT2D eigenvalue weighted by atomic mass is 10.4. The highest BCUT2D eigenvalue weighted by molar-refractivity contribution is 5.73. The Kier molecular flexibility index (Phi) is 3.44. The van der Waals surface area contributed by atoms with Crippen molar-refractivity contribution >= 4 is 6.03 Å². The Hall–Kier alpha value is -1.59. The molecule has 0 unspecified atom stereocenters. The van der Waals surface area contributed by atoms with Crippen LogP contribution >= 0.6 is 0 Å². The Labute approximate surface area is 82.7 Å². The quantitative estimate of drug-likeness (QED) is 0.717. The van der Waals surface area contributed by atoms with E-state index in [1.165, 1.54) is 0 Å². The molecule has 0 saturated carbocycles. The van der Waals surface area contributed by atoms with Crippen molar-refractivity contribution in [1.29, 1.82) is 0 Å². The molecule has 0 radical (unpaired) electrons. The summed E-state index contributed by atoms with van der Waals surface area (Å²) in [5.74, 6) is 0.603. The average Bonchev–Trinajstić information content (AvgIpc) is 2.47. The Morgan fingerprint density at radius 3 is 2.86 bits per heavy atom. The number of aryl methyl sites for hydroxylation is 1. The standard InChI is InChI=1S/C8H15N5O/c1-6(2)11-8(14)9-4-7-10-5-13(3)12-7/h5-6H,4H2,1-3H3,(H2,9,11,14). The molecule has 6 heteroatoms. The minimum atomic E-state index is -0.201. The smallest absolute Gasteiger partial charge is 0.315 e. The van der Waals surface area contributed by atoms with Crippen LogP contribution in [0.5, 0.6) is 0 Å². The molecule has 0 aliphatic heterocycles. The van der Waals surface area contributed by atoms with E-state index in [0.717, 1.165) is 0 Å². The molecule has 0 aliphatic carbocycles. The van der Waals surface area contributed by atoms with E-state index in [9.17, 15) is 4.79 Å². The summed E-state index contributed by atoms with van der Waals surface area (Å²) in [5.41, 5.74) is 0. The van der Waals surface area contributed by atoms with E-state index in [-0.39, 0.29) is 12.1 Å². The third kappa shape index (κ3) is 3.42. The second kappa shape index (κ2) is 4.59. The number of amides is 2. The summed E-state index contributed by atoms with van der Waals surface area (Å²) in [4.78, 5) is 15.1. The topological polar surface area (TPSA) is 71.8 Å². The highest BCUT2D eigenvalue weighted by Gasteiger charge is 2.03. The van der Waals surface area contributed by atoms with Crippen LogP contribution in [0, 0.1) is 0 Å². The van der Waals surface area contributed by atoms with Crippen LogP contribution in [0.2, 0.25) is 0 Å². The SMILES string of the molecule is CC(C)NC(=O)NCc1ncn(C)n1. The zero-order valence-electron chi connectivity index (χ0n) is 8.61. The monoisotopic (exact) mass is 197 g/mol. The molecule has 1 rings (SSSR count). The number of nitrogens with one attached hydrogen (secondary N) is 2. The Morgan fingerprint density at radius 1 is 1.64 bits per heavy atom. The van der Waals surface area contributed by atoms with Crippen LogP contribution in [0.25, 0.3) is 0 Å². The van der Waals surface area contributed by atoms with Gasteiger partial charge >= 0.3 is 6.03 Å². The fourth-order valence-corrected chi connectivity index (χ4v) is 0.937. The van der Waals surface area contributed by atoms with Gasteiger partial charge in [0.2, 0.25) is 0 Å². The molecular formula is C8H15N5O. The zero-order chi connectivity index (χ0) is 10.6. The van der Waals surface area contributed by atoms with Gasteiger partial charge in [-0.3, -0.25) is 4.68 Å². The maximum Gasteiger partial charge on any atom is 0.315 e. The fourth-order valence-electron chi connectivity index (χ4n) is 0.937. The lowest BCUT2D eigenvalue weighted by molar-refractivity contribution is 0.238. The lowest BCUT2D eigenvalue weighted by Crippen LogP contribution is -2.39. The second-order valence-electron chi connectivity index (χ2n) is 3.32. The minimum Gasteiger partial charge on any atom is -0.336 e. The van der Waals surface area contributed by atoms with Crippen molar-refractivity contribution in [2.75, 3.05) is 0 Å². The number of carbonyl (C=O) groups excluding carboxylic acids is 1. The van der Waals surface area contributed by atoms with Crippen molar-refractivity contribution in [3.05, 3.63) is 12.2 Å². The van der Waals surface area contributed by atoms with Gasteiger partial charge in [-0.1, -0.05) is 0 Å². The summed E-state index contributed by atoms with van der Waals surface area (Å²) in [6.07, 6.45) is 1.59. The van der Waals surface area contributed by atoms with Gasteiger partial charge in [0.25, 0.3) is 0 Å². The minimum absolute atomic E-state index is 0.131. The molecule has 6 nitrogen and oxygen atoms in total. The number of nitrogens with zero attached hydrogens (tertiary/aromatic N) is 3. The van der Waals surface area contributed by atoms with Crippen molar-refractivity contribution in [3.8, 4) is 0 Å². The molecule has 0 spiro atoms. The second-order valence-corrected chi connectivity index (χ2v) is 3.32. The third-order valence-electron chi connectivity index (χ3n) is 1.47. The van der Waals surface area contributed by atoms with E-state index in [0.29, 0.717) is 12.4 Å². The lowest BCUT2D eigenvalue weighted by Gasteiger charge is -2.08. The third-order valence-corrected chi connectivity index (χ3v) is 1.47. The molecule has 0 aliphatic rings. The maximum absolute atomic E-state index is 11.1. The highest BCUT2D eigenvalue weighted by Crippen LogP contribution is 1.86. The van der Waals surface area contributed by atoms with Crippen molar-refractivity contribution in [1.82, 2.24) is 25.4 Å². The van der Waals surface area contributed by atoms with Gasteiger partial charge in [0.05, 0.1) is 6.54 Å². The van der Waals surface area contributed by atoms with Crippen LogP contribution in [0.15, 0.2) is 6.33 Å². The van der Waals surface area contributed by atoms with E-state index >= 15 is 0 Å². The molecule has 0 bridgehead atoms. The molecule has 1 aromatic rings. The summed E-state index contributed by atoms with van der Waals surface area (Å²) < 4.78 is 1.59. The van der Waals surface area contributed by atoms with Gasteiger partial charge in [-0.25, -0.2) is 9.78 Å². The summed E-state index contributed by atoms with van der Waals surface area (Å²) in [7, 11) is 1.78. The summed E-state index contributed by atoms with van der Waals surface area (Å²) in [6.45, 7) is 4.15. The maximum atomic E-state index is 11.1. The van der Waals surface area contributed by atoms with Crippen molar-refractivity contribution in [2.45, 2.75) is 26.4 Å². The molecule has 0 atom stereocenters. The van der Waals surface area contributed by atoms with Crippen LogP contribution in [-0.4, -0.2) is 26.8 Å². The van der Waals surface area contributed by atoms with E-state index in [2.05, 4.69) is 20.7 Å². The van der Waals surface area contributed by atoms with Gasteiger partial charge < -0.3 is 10.6 Å². The molecule has 78 valence electrons. The van der Waals surface area contributed by atoms with E-state index in [1.807, 2.05) is 13.8 Å². The molecule has 1 aromatic heterocycles. The number of aromatic nitrogens is 3. The first-order valence-electron chi connectivity index (χ1n) is 4.47. The number of hydrogen-bond acceptors (Lipinski definition) is 3. The van der Waals surface area contributed by atoms with Gasteiger partial charge in [0.1, 0.15) is 6.33 Å². The predicted octanol–water partition coefficient (Wildman–Crippen LogP) is 0.0227. The summed E-state index contributed by atoms with van der Waals surface area (Å²) >= 11 is 0. The van der Waals surface area contributed by atoms with Gasteiger partial charge in [0, 0.05) is 13.1 Å². The van der Waals surface area contributed by atoms with E-state index in [1.54, 1.807) is 18.1 Å². The summed E-state index contributed by atoms with van der Waals surface area (Å²) in [5, 5.41) is 9.39. The number of carbonyl (C=O) groups is 1. The molecule has 2 amide bonds. The van der Waals surface area contributed by atoms with E-state index in [4.69, 9.17) is 0 Å². The van der Waals surface area contributed by atoms with Gasteiger partial charge in [0.15, 0.2) is 5.82 Å². The predicted molar refractivity (Wildman–Crippen MR) is 51.5 cm³/mol. The van der Waals surface area contributed by atoms with Gasteiger partial charge in [-0.2, -0.15) is 5.10 Å². The Bertz CT molecular complexity index is 306. The molecule has 0 aromatic carbocycles. The first-order chi connectivity index (χ1) is 6.58. The average molecular weight is 197 g/mol. The summed E-state index contributed by atoms with van der Waals surface area (Å²) in [6, 6.07) is -0.0702. The molecule has 14 heavy (non-hydrogen) atoms. The normalized spacial score (nSPS) is 10.3. The number of rotatable bonds is 3. The van der Waals surface area contributed by atoms with Gasteiger partial charge in [-0.05, 0) is 13.8 Å². The van der Waals surface area contributed by atoms with Crippen LogP contribution in [0.4, 0.5) is 4.79 Å². The van der Waals surface area contributed by atoms with Crippen LogP contribution in [0.3, 0.4) is 0 Å². The van der Waals surface area contributed by atoms with Crippen molar-refractivity contribution < 1.29 is 4.79 Å². The molecule has 2 N–H and O–H groups in total. The first-order valence-corrected chi connectivity index (χ1v) is 4.47. The molecule has 0 fully saturated rings. The Morgan fingerprint density at radius 2 is 2.36 bits per heavy atom. The zero-order valence-corrected chi connectivity index (χ0v) is 8.61. The fraction of sp³-hybridized carbons (Fsp3) is 0.625. The van der Waals surface area contributed by atoms with Gasteiger partial charge in [-0.15, -0.1) is 0 Å². The Balaban J connectivity index is 2.30. The first kappa shape index (κ1) is 10.5. The van der Waals surface area contributed by atoms with E-state index < -0.39 is 0 Å². The largest absolute Gasteiger partial charge is 0.336 e. The van der Waals surface area contributed by atoms with Crippen LogP contribution < -0.4 is 10.6 Å².